The zero-order valence-electron chi connectivity index (χ0n) is 12.5. The van der Waals surface area contributed by atoms with E-state index >= 15 is 0 Å². The average molecular weight is 339 g/mol. The lowest BCUT2D eigenvalue weighted by Crippen LogP contribution is -2.43. The summed E-state index contributed by atoms with van der Waals surface area (Å²) in [5, 5.41) is 3.34. The number of nitrogens with zero attached hydrogens (tertiary/aromatic N) is 1. The predicted molar refractivity (Wildman–Crippen MR) is 87.1 cm³/mol. The van der Waals surface area contributed by atoms with Crippen molar-refractivity contribution >= 4 is 27.5 Å². The molecule has 1 N–H and O–H groups in total. The van der Waals surface area contributed by atoms with Gasteiger partial charge in [0.25, 0.3) is 0 Å². The summed E-state index contributed by atoms with van der Waals surface area (Å²) in [7, 11) is 0. The van der Waals surface area contributed by atoms with Crippen LogP contribution in [0.4, 0.5) is 5.69 Å². The molecule has 0 radical (unpaired) electrons. The predicted octanol–water partition coefficient (Wildman–Crippen LogP) is 3.88. The molecule has 1 saturated heterocycles. The van der Waals surface area contributed by atoms with Crippen LogP contribution in [0.15, 0.2) is 16.6 Å². The van der Waals surface area contributed by atoms with Crippen molar-refractivity contribution in [1.29, 1.82) is 0 Å². The van der Waals surface area contributed by atoms with Gasteiger partial charge in [-0.25, -0.2) is 0 Å². The van der Waals surface area contributed by atoms with Gasteiger partial charge in [-0.05, 0) is 63.3 Å². The third-order valence-corrected chi connectivity index (χ3v) is 5.11. The van der Waals surface area contributed by atoms with Crippen molar-refractivity contribution in [3.8, 4) is 0 Å². The third kappa shape index (κ3) is 3.54. The quantitative estimate of drug-likeness (QED) is 0.906. The van der Waals surface area contributed by atoms with Gasteiger partial charge in [0.05, 0.1) is 0 Å². The fraction of sp³-hybridized carbons (Fsp3) is 0.562. The molecule has 110 valence electrons. The molecule has 1 fully saturated rings. The van der Waals surface area contributed by atoms with Gasteiger partial charge in [0, 0.05) is 23.2 Å². The van der Waals surface area contributed by atoms with Crippen LogP contribution in [0.25, 0.3) is 0 Å². The first-order chi connectivity index (χ1) is 9.49. The maximum atomic E-state index is 12.4. The van der Waals surface area contributed by atoms with Crippen LogP contribution in [0.2, 0.25) is 0 Å². The Hall–Kier alpha value is -1.03. The topological polar surface area (TPSA) is 32.3 Å². The molecule has 0 bridgehead atoms. The minimum Gasteiger partial charge on any atom is -0.374 e. The fourth-order valence-electron chi connectivity index (χ4n) is 2.73. The summed E-state index contributed by atoms with van der Waals surface area (Å²) in [6, 6.07) is 3.99. The molecule has 0 spiro atoms. The Morgan fingerprint density at radius 2 is 1.75 bits per heavy atom. The molecule has 1 atom stereocenters. The van der Waals surface area contributed by atoms with Crippen molar-refractivity contribution in [2.45, 2.75) is 46.1 Å². The highest BCUT2D eigenvalue weighted by molar-refractivity contribution is 9.10. The van der Waals surface area contributed by atoms with E-state index in [1.54, 1.807) is 0 Å². The number of piperidine rings is 1. The second-order valence-electron chi connectivity index (χ2n) is 5.68. The van der Waals surface area contributed by atoms with Crippen molar-refractivity contribution < 1.29 is 4.79 Å². The zero-order valence-corrected chi connectivity index (χ0v) is 14.1. The molecule has 0 saturated carbocycles. The highest BCUT2D eigenvalue weighted by Crippen LogP contribution is 2.25. The number of rotatable bonds is 3. The number of hydrogen-bond acceptors (Lipinski definition) is 2. The number of anilines is 1. The van der Waals surface area contributed by atoms with E-state index in [2.05, 4.69) is 47.2 Å². The van der Waals surface area contributed by atoms with Gasteiger partial charge in [-0.3, -0.25) is 4.79 Å². The van der Waals surface area contributed by atoms with Gasteiger partial charge in [0.2, 0.25) is 5.91 Å². The van der Waals surface area contributed by atoms with Gasteiger partial charge in [-0.15, -0.1) is 0 Å². The minimum absolute atomic E-state index is 0.173. The van der Waals surface area contributed by atoms with Gasteiger partial charge in [0.15, 0.2) is 0 Å². The van der Waals surface area contributed by atoms with E-state index in [9.17, 15) is 4.79 Å². The van der Waals surface area contributed by atoms with Gasteiger partial charge >= 0.3 is 0 Å². The number of likely N-dealkylation sites (tertiary alicyclic amines) is 1. The number of nitrogens with one attached hydrogen (secondary N) is 1. The monoisotopic (exact) mass is 338 g/mol. The molecule has 1 unspecified atom stereocenters. The summed E-state index contributed by atoms with van der Waals surface area (Å²) >= 11 is 3.57. The first-order valence-corrected chi connectivity index (χ1v) is 8.10. The number of halogens is 1. The molecular weight excluding hydrogens is 316 g/mol. The van der Waals surface area contributed by atoms with E-state index in [-0.39, 0.29) is 11.9 Å². The second-order valence-corrected chi connectivity index (χ2v) is 6.47. The van der Waals surface area contributed by atoms with Gasteiger partial charge < -0.3 is 10.2 Å². The molecule has 0 aromatic heterocycles. The number of carbonyl (C=O) groups excluding carboxylic acids is 1. The molecule has 4 heteroatoms. The Bertz CT molecular complexity index is 472. The molecule has 3 nitrogen and oxygen atoms in total. The highest BCUT2D eigenvalue weighted by atomic mass is 79.9. The summed E-state index contributed by atoms with van der Waals surface area (Å²) in [6.07, 6.45) is 3.51. The van der Waals surface area contributed by atoms with E-state index in [1.807, 2.05) is 11.8 Å². The number of hydrogen-bond donors (Lipinski definition) is 1. The number of amides is 1. The normalized spacial score (nSPS) is 16.9. The van der Waals surface area contributed by atoms with E-state index in [4.69, 9.17) is 0 Å². The van der Waals surface area contributed by atoms with Gasteiger partial charge in [-0.2, -0.15) is 0 Å². The van der Waals surface area contributed by atoms with E-state index in [1.165, 1.54) is 17.5 Å². The van der Waals surface area contributed by atoms with Crippen LogP contribution in [0.3, 0.4) is 0 Å². The molecule has 1 amide bonds. The molecular formula is C16H23BrN2O. The smallest absolute Gasteiger partial charge is 0.244 e. The van der Waals surface area contributed by atoms with E-state index in [0.29, 0.717) is 0 Å². The maximum absolute atomic E-state index is 12.4. The van der Waals surface area contributed by atoms with E-state index < -0.39 is 0 Å². The molecule has 1 aliphatic rings. The lowest BCUT2D eigenvalue weighted by molar-refractivity contribution is -0.132. The molecule has 0 aliphatic carbocycles. The average Bonchev–Trinajstić information content (AvgIpc) is 2.44. The Morgan fingerprint density at radius 3 is 2.30 bits per heavy atom. The van der Waals surface area contributed by atoms with Crippen LogP contribution < -0.4 is 5.32 Å². The Morgan fingerprint density at radius 1 is 1.20 bits per heavy atom. The molecule has 1 heterocycles. The summed E-state index contributed by atoms with van der Waals surface area (Å²) in [5.41, 5.74) is 3.39. The lowest BCUT2D eigenvalue weighted by Gasteiger charge is -2.30. The van der Waals surface area contributed by atoms with Gasteiger partial charge in [-0.1, -0.05) is 15.9 Å². The van der Waals surface area contributed by atoms with Crippen LogP contribution in [0.5, 0.6) is 0 Å². The first kappa shape index (κ1) is 15.4. The van der Waals surface area contributed by atoms with E-state index in [0.717, 1.165) is 36.1 Å². The number of benzene rings is 1. The van der Waals surface area contributed by atoms with Crippen LogP contribution in [0.1, 0.15) is 37.3 Å². The maximum Gasteiger partial charge on any atom is 0.244 e. The van der Waals surface area contributed by atoms with Crippen molar-refractivity contribution in [2.75, 3.05) is 18.4 Å². The Kier molecular flexibility index (Phi) is 5.08. The highest BCUT2D eigenvalue weighted by Gasteiger charge is 2.22. The summed E-state index contributed by atoms with van der Waals surface area (Å²) in [5.74, 6) is 0.211. The van der Waals surface area contributed by atoms with Gasteiger partial charge in [0.1, 0.15) is 6.04 Å². The van der Waals surface area contributed by atoms with Crippen molar-refractivity contribution in [2.24, 2.45) is 0 Å². The molecule has 1 aromatic carbocycles. The largest absolute Gasteiger partial charge is 0.374 e. The first-order valence-electron chi connectivity index (χ1n) is 7.31. The van der Waals surface area contributed by atoms with Crippen molar-refractivity contribution in [1.82, 2.24) is 4.90 Å². The van der Waals surface area contributed by atoms with Crippen LogP contribution >= 0.6 is 15.9 Å². The summed E-state index contributed by atoms with van der Waals surface area (Å²) in [4.78, 5) is 14.4. The second kappa shape index (κ2) is 6.61. The van der Waals surface area contributed by atoms with Crippen LogP contribution in [-0.4, -0.2) is 29.9 Å². The van der Waals surface area contributed by atoms with Crippen molar-refractivity contribution in [3.63, 3.8) is 0 Å². The zero-order chi connectivity index (χ0) is 14.7. The number of aryl methyl sites for hydroxylation is 2. The lowest BCUT2D eigenvalue weighted by atomic mass is 10.1. The number of carbonyl (C=O) groups is 1. The van der Waals surface area contributed by atoms with Crippen LogP contribution in [-0.2, 0) is 4.79 Å². The fourth-order valence-corrected chi connectivity index (χ4v) is 2.96. The molecule has 1 aliphatic heterocycles. The molecule has 1 aromatic rings. The SMILES string of the molecule is Cc1cc(NC(C)C(=O)N2CCCCC2)cc(C)c1Br. The standard InChI is InChI=1S/C16H23BrN2O/c1-11-9-14(10-12(2)15(11)17)18-13(3)16(20)19-7-5-4-6-8-19/h9-10,13,18H,4-8H2,1-3H3. The van der Waals surface area contributed by atoms with Crippen molar-refractivity contribution in [3.05, 3.63) is 27.7 Å². The summed E-state index contributed by atoms with van der Waals surface area (Å²) in [6.45, 7) is 7.90. The molecule has 20 heavy (non-hydrogen) atoms. The minimum atomic E-state index is -0.173. The Labute approximate surface area is 129 Å². The third-order valence-electron chi connectivity index (χ3n) is 3.86. The Balaban J connectivity index is 2.03. The molecule has 2 rings (SSSR count). The summed E-state index contributed by atoms with van der Waals surface area (Å²) < 4.78 is 1.14. The van der Waals surface area contributed by atoms with Crippen LogP contribution in [0, 0.1) is 13.8 Å².